The molecule has 1 saturated carbocycles. The zero-order chi connectivity index (χ0) is 15.1. The molecule has 0 aliphatic heterocycles. The molecule has 1 heterocycles. The quantitative estimate of drug-likeness (QED) is 0.912. The number of carbonyl (C=O) groups excluding carboxylic acids is 1. The molecule has 4 heteroatoms. The van der Waals surface area contributed by atoms with Crippen LogP contribution in [0, 0.1) is 5.92 Å². The van der Waals surface area contributed by atoms with Gasteiger partial charge in [-0.1, -0.05) is 24.3 Å². The number of nitrogens with one attached hydrogen (secondary N) is 1. The predicted octanol–water partition coefficient (Wildman–Crippen LogP) is 2.98. The highest BCUT2D eigenvalue weighted by atomic mass is 32.1. The van der Waals surface area contributed by atoms with Gasteiger partial charge >= 0.3 is 0 Å². The summed E-state index contributed by atoms with van der Waals surface area (Å²) in [5.74, 6) is 0.636. The Hall–Kier alpha value is -1.65. The van der Waals surface area contributed by atoms with Gasteiger partial charge in [-0.05, 0) is 54.4 Å². The Morgan fingerprint density at radius 3 is 2.86 bits per heavy atom. The van der Waals surface area contributed by atoms with Crippen LogP contribution in [0.25, 0.3) is 10.4 Å². The summed E-state index contributed by atoms with van der Waals surface area (Å²) in [6.07, 6.45) is 4.51. The summed E-state index contributed by atoms with van der Waals surface area (Å²) in [6.45, 7) is 0.586. The van der Waals surface area contributed by atoms with Gasteiger partial charge in [0, 0.05) is 17.5 Å². The molecule has 3 nitrogen and oxygen atoms in total. The van der Waals surface area contributed by atoms with Gasteiger partial charge in [-0.15, -0.1) is 11.3 Å². The second kappa shape index (κ2) is 5.52. The Kier molecular flexibility index (Phi) is 3.51. The fourth-order valence-electron chi connectivity index (χ4n) is 3.17. The standard InChI is InChI=1S/C18H20N2OS/c19-15(12-6-7-12)10-20-18(21)16-9-13-8-5-11-3-1-2-4-14(11)17(13)22-16/h1-4,9,12,15H,5-8,10,19H2,(H,20,21). The van der Waals surface area contributed by atoms with Gasteiger partial charge in [0.2, 0.25) is 0 Å². The summed E-state index contributed by atoms with van der Waals surface area (Å²) in [6, 6.07) is 10.7. The van der Waals surface area contributed by atoms with Crippen LogP contribution >= 0.6 is 11.3 Å². The fraction of sp³-hybridized carbons (Fsp3) is 0.389. The van der Waals surface area contributed by atoms with E-state index in [0.29, 0.717) is 12.5 Å². The van der Waals surface area contributed by atoms with Crippen molar-refractivity contribution >= 4 is 17.2 Å². The van der Waals surface area contributed by atoms with E-state index in [0.717, 1.165) is 17.7 Å². The minimum absolute atomic E-state index is 0.0213. The summed E-state index contributed by atoms with van der Waals surface area (Å²) < 4.78 is 0. The van der Waals surface area contributed by atoms with E-state index in [1.807, 2.05) is 0 Å². The zero-order valence-electron chi connectivity index (χ0n) is 12.5. The molecule has 2 aliphatic carbocycles. The molecule has 22 heavy (non-hydrogen) atoms. The maximum atomic E-state index is 12.4. The van der Waals surface area contributed by atoms with E-state index < -0.39 is 0 Å². The molecule has 3 N–H and O–H groups in total. The lowest BCUT2D eigenvalue weighted by Gasteiger charge is -2.15. The number of amides is 1. The van der Waals surface area contributed by atoms with Gasteiger partial charge in [-0.25, -0.2) is 0 Å². The van der Waals surface area contributed by atoms with Crippen molar-refractivity contribution in [1.82, 2.24) is 5.32 Å². The lowest BCUT2D eigenvalue weighted by molar-refractivity contribution is 0.0954. The molecule has 1 aromatic heterocycles. The summed E-state index contributed by atoms with van der Waals surface area (Å²) in [7, 11) is 0. The average Bonchev–Trinajstić information content (AvgIpc) is 3.30. The van der Waals surface area contributed by atoms with Crippen molar-refractivity contribution < 1.29 is 4.79 Å². The molecule has 0 radical (unpaired) electrons. The molecule has 0 saturated heterocycles. The van der Waals surface area contributed by atoms with E-state index >= 15 is 0 Å². The SMILES string of the molecule is NC(CNC(=O)c1cc2c(s1)-c1ccccc1CC2)C1CC1. The molecular formula is C18H20N2OS. The van der Waals surface area contributed by atoms with Crippen molar-refractivity contribution in [3.05, 3.63) is 46.3 Å². The number of hydrogen-bond donors (Lipinski definition) is 2. The topological polar surface area (TPSA) is 55.1 Å². The van der Waals surface area contributed by atoms with Gasteiger partial charge in [-0.3, -0.25) is 4.79 Å². The molecule has 1 amide bonds. The fourth-order valence-corrected chi connectivity index (χ4v) is 4.36. The van der Waals surface area contributed by atoms with Crippen molar-refractivity contribution in [2.75, 3.05) is 6.54 Å². The third-order valence-electron chi connectivity index (χ3n) is 4.68. The van der Waals surface area contributed by atoms with Crippen LogP contribution in [0.15, 0.2) is 30.3 Å². The van der Waals surface area contributed by atoms with Crippen molar-refractivity contribution in [3.63, 3.8) is 0 Å². The van der Waals surface area contributed by atoms with E-state index in [9.17, 15) is 4.79 Å². The van der Waals surface area contributed by atoms with Crippen LogP contribution in [-0.2, 0) is 12.8 Å². The van der Waals surface area contributed by atoms with Crippen molar-refractivity contribution in [2.45, 2.75) is 31.7 Å². The molecule has 1 aromatic carbocycles. The molecule has 0 bridgehead atoms. The highest BCUT2D eigenvalue weighted by molar-refractivity contribution is 7.17. The van der Waals surface area contributed by atoms with Crippen molar-refractivity contribution in [3.8, 4) is 10.4 Å². The van der Waals surface area contributed by atoms with Crippen molar-refractivity contribution in [2.24, 2.45) is 11.7 Å². The molecule has 1 atom stereocenters. The third-order valence-corrected chi connectivity index (χ3v) is 5.89. The van der Waals surface area contributed by atoms with E-state index in [1.165, 1.54) is 34.4 Å². The maximum absolute atomic E-state index is 12.4. The first kappa shape index (κ1) is 14.0. The van der Waals surface area contributed by atoms with Crippen LogP contribution in [-0.4, -0.2) is 18.5 Å². The monoisotopic (exact) mass is 312 g/mol. The van der Waals surface area contributed by atoms with Crippen molar-refractivity contribution in [1.29, 1.82) is 0 Å². The zero-order valence-corrected chi connectivity index (χ0v) is 13.3. The third kappa shape index (κ3) is 2.57. The van der Waals surface area contributed by atoms with Crippen LogP contribution in [0.4, 0.5) is 0 Å². The highest BCUT2D eigenvalue weighted by Crippen LogP contribution is 2.39. The first-order chi connectivity index (χ1) is 10.7. The van der Waals surface area contributed by atoms with Crippen LogP contribution in [0.3, 0.4) is 0 Å². The van der Waals surface area contributed by atoms with E-state index in [1.54, 1.807) is 11.3 Å². The van der Waals surface area contributed by atoms with Gasteiger partial charge in [0.25, 0.3) is 5.91 Å². The Bertz CT molecular complexity index is 718. The number of carbonyl (C=O) groups is 1. The minimum atomic E-state index is 0.0213. The second-order valence-corrected chi connectivity index (χ2v) is 7.39. The normalized spacial score (nSPS) is 17.5. The van der Waals surface area contributed by atoms with Crippen LogP contribution in [0.2, 0.25) is 0 Å². The summed E-state index contributed by atoms with van der Waals surface area (Å²) in [5, 5.41) is 3.00. The van der Waals surface area contributed by atoms with Gasteiger partial charge < -0.3 is 11.1 Å². The number of fused-ring (bicyclic) bond motifs is 3. The Labute approximate surface area is 134 Å². The minimum Gasteiger partial charge on any atom is -0.350 e. The average molecular weight is 312 g/mol. The Balaban J connectivity index is 1.52. The number of benzene rings is 1. The number of nitrogens with two attached hydrogens (primary N) is 1. The van der Waals surface area contributed by atoms with Crippen LogP contribution in [0.5, 0.6) is 0 Å². The summed E-state index contributed by atoms with van der Waals surface area (Å²) in [4.78, 5) is 14.4. The van der Waals surface area contributed by atoms with Crippen LogP contribution < -0.4 is 11.1 Å². The number of aryl methyl sites for hydroxylation is 2. The number of hydrogen-bond acceptors (Lipinski definition) is 3. The molecule has 1 unspecified atom stereocenters. The van der Waals surface area contributed by atoms with E-state index in [4.69, 9.17) is 5.73 Å². The van der Waals surface area contributed by atoms with Crippen LogP contribution in [0.1, 0.15) is 33.6 Å². The summed E-state index contributed by atoms with van der Waals surface area (Å²) in [5.41, 5.74) is 10.0. The Morgan fingerprint density at radius 1 is 1.27 bits per heavy atom. The lowest BCUT2D eigenvalue weighted by Crippen LogP contribution is -2.38. The van der Waals surface area contributed by atoms with E-state index in [2.05, 4.69) is 35.6 Å². The smallest absolute Gasteiger partial charge is 0.261 e. The van der Waals surface area contributed by atoms with Gasteiger partial charge in [0.15, 0.2) is 0 Å². The molecule has 0 spiro atoms. The molecular weight excluding hydrogens is 292 g/mol. The highest BCUT2D eigenvalue weighted by Gasteiger charge is 2.29. The lowest BCUT2D eigenvalue weighted by atomic mass is 9.91. The number of rotatable bonds is 4. The largest absolute Gasteiger partial charge is 0.350 e. The maximum Gasteiger partial charge on any atom is 0.261 e. The molecule has 1 fully saturated rings. The predicted molar refractivity (Wildman–Crippen MR) is 90.2 cm³/mol. The molecule has 4 rings (SSSR count). The molecule has 114 valence electrons. The first-order valence-electron chi connectivity index (χ1n) is 7.97. The van der Waals surface area contributed by atoms with E-state index in [-0.39, 0.29) is 11.9 Å². The first-order valence-corrected chi connectivity index (χ1v) is 8.79. The Morgan fingerprint density at radius 2 is 2.05 bits per heavy atom. The number of thiophene rings is 1. The van der Waals surface area contributed by atoms with Gasteiger partial charge in [-0.2, -0.15) is 0 Å². The summed E-state index contributed by atoms with van der Waals surface area (Å²) >= 11 is 1.61. The molecule has 2 aliphatic rings. The molecule has 2 aromatic rings. The van der Waals surface area contributed by atoms with Gasteiger partial charge in [0.1, 0.15) is 0 Å². The van der Waals surface area contributed by atoms with Gasteiger partial charge in [0.05, 0.1) is 4.88 Å². The second-order valence-electron chi connectivity index (χ2n) is 6.33.